The highest BCUT2D eigenvalue weighted by Crippen LogP contribution is 2.12. The van der Waals surface area contributed by atoms with Gasteiger partial charge in [0.2, 0.25) is 0 Å². The molecule has 2 aromatic rings. The van der Waals surface area contributed by atoms with Gasteiger partial charge < -0.3 is 15.6 Å². The minimum Gasteiger partial charge on any atom is -0.384 e. The third-order valence-electron chi connectivity index (χ3n) is 3.00. The lowest BCUT2D eigenvalue weighted by atomic mass is 10.1. The highest BCUT2D eigenvalue weighted by Gasteiger charge is 2.16. The molecule has 7 heteroatoms. The molecule has 2 rings (SSSR count). The normalized spacial score (nSPS) is 12.2. The minimum atomic E-state index is -0.241. The van der Waals surface area contributed by atoms with Crippen molar-refractivity contribution < 1.29 is 4.79 Å². The van der Waals surface area contributed by atoms with Gasteiger partial charge in [-0.15, -0.1) is 10.2 Å². The molecule has 0 bridgehead atoms. The third-order valence-corrected chi connectivity index (χ3v) is 3.00. The van der Waals surface area contributed by atoms with Crippen molar-refractivity contribution in [3.05, 3.63) is 35.5 Å². The van der Waals surface area contributed by atoms with Crippen molar-refractivity contribution >= 4 is 11.7 Å². The Labute approximate surface area is 117 Å². The number of pyridine rings is 1. The number of carbonyl (C=O) groups is 1. The molecule has 2 heterocycles. The zero-order valence-electron chi connectivity index (χ0n) is 11.8. The Balaban J connectivity index is 2.16. The Bertz CT molecular complexity index is 621. The first-order valence-electron chi connectivity index (χ1n) is 6.42. The largest absolute Gasteiger partial charge is 0.384 e. The number of rotatable bonds is 4. The maximum absolute atomic E-state index is 12.2. The predicted octanol–water partition coefficient (Wildman–Crippen LogP) is 0.846. The number of aromatic nitrogens is 4. The molecule has 1 atom stereocenters. The van der Waals surface area contributed by atoms with E-state index in [0.29, 0.717) is 17.2 Å². The Morgan fingerprint density at radius 1 is 1.50 bits per heavy atom. The standard InChI is InChI=1S/C13H18N6O/c1-4-10-5-9(6-11(14)17-10)13(20)16-8(2)12-18-15-7-19(12)3/h5-8H,4H2,1-3H3,(H2,14,17)(H,16,20). The van der Waals surface area contributed by atoms with Crippen molar-refractivity contribution in [2.45, 2.75) is 26.3 Å². The third kappa shape index (κ3) is 2.93. The van der Waals surface area contributed by atoms with Gasteiger partial charge in [-0.1, -0.05) is 6.92 Å². The molecule has 0 aliphatic carbocycles. The number of nitrogens with two attached hydrogens (primary N) is 1. The maximum atomic E-state index is 12.2. The van der Waals surface area contributed by atoms with Crippen molar-refractivity contribution in [3.8, 4) is 0 Å². The van der Waals surface area contributed by atoms with Gasteiger partial charge in [0.1, 0.15) is 12.1 Å². The van der Waals surface area contributed by atoms with Crippen LogP contribution in [0.3, 0.4) is 0 Å². The fraction of sp³-hybridized carbons (Fsp3) is 0.385. The zero-order chi connectivity index (χ0) is 14.7. The molecule has 1 unspecified atom stereocenters. The second-order valence-electron chi connectivity index (χ2n) is 4.62. The molecule has 106 valence electrons. The van der Waals surface area contributed by atoms with Gasteiger partial charge in [0.05, 0.1) is 6.04 Å². The summed E-state index contributed by atoms with van der Waals surface area (Å²) >= 11 is 0. The fourth-order valence-corrected chi connectivity index (χ4v) is 1.95. The quantitative estimate of drug-likeness (QED) is 0.861. The zero-order valence-corrected chi connectivity index (χ0v) is 11.8. The molecule has 3 N–H and O–H groups in total. The molecule has 0 aliphatic heterocycles. The average Bonchev–Trinajstić information content (AvgIpc) is 2.84. The molecule has 0 saturated heterocycles. The van der Waals surface area contributed by atoms with Gasteiger partial charge in [0.25, 0.3) is 5.91 Å². The van der Waals surface area contributed by atoms with E-state index in [-0.39, 0.29) is 11.9 Å². The highest BCUT2D eigenvalue weighted by atomic mass is 16.1. The smallest absolute Gasteiger partial charge is 0.252 e. The van der Waals surface area contributed by atoms with Gasteiger partial charge in [-0.05, 0) is 25.5 Å². The van der Waals surface area contributed by atoms with Crippen LogP contribution < -0.4 is 11.1 Å². The van der Waals surface area contributed by atoms with Gasteiger partial charge in [-0.25, -0.2) is 4.98 Å². The number of amides is 1. The molecule has 2 aromatic heterocycles. The van der Waals surface area contributed by atoms with Crippen molar-refractivity contribution in [2.75, 3.05) is 5.73 Å². The van der Waals surface area contributed by atoms with Crippen LogP contribution in [0.2, 0.25) is 0 Å². The average molecular weight is 274 g/mol. The summed E-state index contributed by atoms with van der Waals surface area (Å²) in [5.41, 5.74) is 7.00. The number of carbonyl (C=O) groups excluding carboxylic acids is 1. The number of nitrogen functional groups attached to an aromatic ring is 1. The van der Waals surface area contributed by atoms with Crippen LogP contribution in [0.4, 0.5) is 5.82 Å². The van der Waals surface area contributed by atoms with E-state index >= 15 is 0 Å². The van der Waals surface area contributed by atoms with Crippen LogP contribution in [0, 0.1) is 0 Å². The number of nitrogens with one attached hydrogen (secondary N) is 1. The Morgan fingerprint density at radius 3 is 2.85 bits per heavy atom. The summed E-state index contributed by atoms with van der Waals surface area (Å²) in [7, 11) is 1.83. The fourth-order valence-electron chi connectivity index (χ4n) is 1.95. The number of hydrogen-bond acceptors (Lipinski definition) is 5. The lowest BCUT2D eigenvalue weighted by molar-refractivity contribution is 0.0937. The summed E-state index contributed by atoms with van der Waals surface area (Å²) in [6.45, 7) is 3.82. The second-order valence-corrected chi connectivity index (χ2v) is 4.62. The highest BCUT2D eigenvalue weighted by molar-refractivity contribution is 5.95. The van der Waals surface area contributed by atoms with E-state index in [4.69, 9.17) is 5.73 Å². The van der Waals surface area contributed by atoms with Gasteiger partial charge in [-0.2, -0.15) is 0 Å². The molecule has 20 heavy (non-hydrogen) atoms. The second kappa shape index (κ2) is 5.68. The van der Waals surface area contributed by atoms with Gasteiger partial charge >= 0.3 is 0 Å². The van der Waals surface area contributed by atoms with E-state index in [9.17, 15) is 4.79 Å². The summed E-state index contributed by atoms with van der Waals surface area (Å²) in [5, 5.41) is 10.6. The topological polar surface area (TPSA) is 98.7 Å². The Morgan fingerprint density at radius 2 is 2.25 bits per heavy atom. The van der Waals surface area contributed by atoms with Crippen LogP contribution in [0.5, 0.6) is 0 Å². The van der Waals surface area contributed by atoms with Crippen molar-refractivity contribution in [1.29, 1.82) is 0 Å². The van der Waals surface area contributed by atoms with E-state index < -0.39 is 0 Å². The first-order valence-corrected chi connectivity index (χ1v) is 6.42. The van der Waals surface area contributed by atoms with Crippen LogP contribution in [-0.2, 0) is 13.5 Å². The predicted molar refractivity (Wildman–Crippen MR) is 74.9 cm³/mol. The summed E-state index contributed by atoms with van der Waals surface area (Å²) in [5.74, 6) is 0.834. The van der Waals surface area contributed by atoms with Gasteiger partial charge in [0.15, 0.2) is 5.82 Å². The SMILES string of the molecule is CCc1cc(C(=O)NC(C)c2nncn2C)cc(N)n1. The van der Waals surface area contributed by atoms with Crippen LogP contribution >= 0.6 is 0 Å². The molecule has 0 spiro atoms. The first kappa shape index (κ1) is 14.0. The van der Waals surface area contributed by atoms with E-state index in [0.717, 1.165) is 12.1 Å². The minimum absolute atomic E-state index is 0.204. The molecule has 0 aromatic carbocycles. The van der Waals surface area contributed by atoms with Gasteiger partial charge in [-0.3, -0.25) is 4.79 Å². The molecule has 0 aliphatic rings. The van der Waals surface area contributed by atoms with Crippen molar-refractivity contribution in [1.82, 2.24) is 25.1 Å². The molecule has 0 fully saturated rings. The Kier molecular flexibility index (Phi) is 3.97. The summed E-state index contributed by atoms with van der Waals surface area (Å²) in [4.78, 5) is 16.4. The summed E-state index contributed by atoms with van der Waals surface area (Å²) in [6, 6.07) is 3.07. The monoisotopic (exact) mass is 274 g/mol. The van der Waals surface area contributed by atoms with Crippen molar-refractivity contribution in [3.63, 3.8) is 0 Å². The van der Waals surface area contributed by atoms with E-state index in [1.54, 1.807) is 23.0 Å². The van der Waals surface area contributed by atoms with Crippen LogP contribution in [-0.4, -0.2) is 25.7 Å². The van der Waals surface area contributed by atoms with Gasteiger partial charge in [0, 0.05) is 18.3 Å². The van der Waals surface area contributed by atoms with Crippen LogP contribution in [0.1, 0.15) is 41.8 Å². The van der Waals surface area contributed by atoms with E-state index in [1.807, 2.05) is 20.9 Å². The molecule has 7 nitrogen and oxygen atoms in total. The summed E-state index contributed by atoms with van der Waals surface area (Å²) in [6.07, 6.45) is 2.32. The van der Waals surface area contributed by atoms with Crippen LogP contribution in [0.15, 0.2) is 18.5 Å². The number of nitrogens with zero attached hydrogens (tertiary/aromatic N) is 4. The molecular weight excluding hydrogens is 256 g/mol. The number of anilines is 1. The lowest BCUT2D eigenvalue weighted by Gasteiger charge is -2.13. The number of aryl methyl sites for hydroxylation is 2. The molecule has 1 amide bonds. The van der Waals surface area contributed by atoms with Crippen molar-refractivity contribution in [2.24, 2.45) is 7.05 Å². The molecular formula is C13H18N6O. The van der Waals surface area contributed by atoms with E-state index in [2.05, 4.69) is 20.5 Å². The molecule has 0 radical (unpaired) electrons. The lowest BCUT2D eigenvalue weighted by Crippen LogP contribution is -2.28. The first-order chi connectivity index (χ1) is 9.51. The van der Waals surface area contributed by atoms with E-state index in [1.165, 1.54) is 0 Å². The maximum Gasteiger partial charge on any atom is 0.252 e. The Hall–Kier alpha value is -2.44. The molecule has 0 saturated carbocycles. The van der Waals surface area contributed by atoms with Crippen LogP contribution in [0.25, 0.3) is 0 Å². The summed E-state index contributed by atoms with van der Waals surface area (Å²) < 4.78 is 1.77. The number of hydrogen-bond donors (Lipinski definition) is 2.